The molecule has 0 aromatic carbocycles. The van der Waals surface area contributed by atoms with Crippen LogP contribution in [0.1, 0.15) is 63.5 Å². The van der Waals surface area contributed by atoms with Gasteiger partial charge in [0.1, 0.15) is 0 Å². The van der Waals surface area contributed by atoms with E-state index < -0.39 is 0 Å². The largest absolute Gasteiger partial charge is 0.310 e. The highest BCUT2D eigenvalue weighted by molar-refractivity contribution is 5.13. The maximum absolute atomic E-state index is 4.07. The Kier molecular flexibility index (Phi) is 5.66. The van der Waals surface area contributed by atoms with E-state index in [9.17, 15) is 0 Å². The molecule has 1 N–H and O–H groups in total. The van der Waals surface area contributed by atoms with Gasteiger partial charge < -0.3 is 5.32 Å². The van der Waals surface area contributed by atoms with Gasteiger partial charge in [0, 0.05) is 18.4 Å². The molecule has 1 saturated carbocycles. The first-order valence-corrected chi connectivity index (χ1v) is 7.49. The lowest BCUT2D eigenvalue weighted by atomic mass is 9.91. The molecule has 0 bridgehead atoms. The van der Waals surface area contributed by atoms with Crippen LogP contribution in [0.2, 0.25) is 0 Å². The summed E-state index contributed by atoms with van der Waals surface area (Å²) in [6.45, 7) is 3.42. The standard InChI is InChI=1S/C16H26N2/c1-14(16-9-11-17-12-10-16)18-13-15-7-5-3-2-4-6-8-15/h9-12,14-15,18H,2-8,13H2,1H3/t14-/m1/s1. The van der Waals surface area contributed by atoms with Crippen LogP contribution in [0, 0.1) is 5.92 Å². The summed E-state index contributed by atoms with van der Waals surface area (Å²) in [5, 5.41) is 3.69. The monoisotopic (exact) mass is 246 g/mol. The Balaban J connectivity index is 1.76. The summed E-state index contributed by atoms with van der Waals surface area (Å²) in [5.41, 5.74) is 1.34. The molecule has 0 spiro atoms. The van der Waals surface area contributed by atoms with Gasteiger partial charge in [0.15, 0.2) is 0 Å². The van der Waals surface area contributed by atoms with Crippen LogP contribution in [0.15, 0.2) is 24.5 Å². The molecule has 0 aliphatic heterocycles. The molecule has 2 rings (SSSR count). The Bertz CT molecular complexity index is 315. The van der Waals surface area contributed by atoms with Crippen molar-refractivity contribution >= 4 is 0 Å². The first kappa shape index (κ1) is 13.5. The molecule has 1 heterocycles. The van der Waals surface area contributed by atoms with Crippen molar-refractivity contribution in [2.45, 2.75) is 57.9 Å². The second-order valence-corrected chi connectivity index (χ2v) is 5.62. The number of pyridine rings is 1. The summed E-state index contributed by atoms with van der Waals surface area (Å²) in [5.74, 6) is 0.884. The summed E-state index contributed by atoms with van der Waals surface area (Å²) in [6, 6.07) is 4.66. The summed E-state index contributed by atoms with van der Waals surface area (Å²) in [7, 11) is 0. The van der Waals surface area contributed by atoms with Gasteiger partial charge in [0.05, 0.1) is 0 Å². The fourth-order valence-electron chi connectivity index (χ4n) is 2.86. The van der Waals surface area contributed by atoms with Crippen molar-refractivity contribution in [1.29, 1.82) is 0 Å². The van der Waals surface area contributed by atoms with Crippen LogP contribution in [0.3, 0.4) is 0 Å². The predicted octanol–water partition coefficient (Wildman–Crippen LogP) is 4.09. The lowest BCUT2D eigenvalue weighted by Gasteiger charge is -2.22. The topological polar surface area (TPSA) is 24.9 Å². The van der Waals surface area contributed by atoms with Gasteiger partial charge in [-0.3, -0.25) is 4.98 Å². The van der Waals surface area contributed by atoms with Gasteiger partial charge in [-0.05, 0) is 49.9 Å². The quantitative estimate of drug-likeness (QED) is 0.865. The van der Waals surface area contributed by atoms with Gasteiger partial charge in [-0.25, -0.2) is 0 Å². The molecule has 0 radical (unpaired) electrons. The normalized spacial score (nSPS) is 20.1. The van der Waals surface area contributed by atoms with E-state index >= 15 is 0 Å². The highest BCUT2D eigenvalue weighted by atomic mass is 14.9. The van der Waals surface area contributed by atoms with Gasteiger partial charge in [-0.15, -0.1) is 0 Å². The molecule has 0 saturated heterocycles. The van der Waals surface area contributed by atoms with E-state index in [1.807, 2.05) is 12.4 Å². The Labute approximate surface area is 111 Å². The van der Waals surface area contributed by atoms with E-state index in [1.165, 1.54) is 57.1 Å². The smallest absolute Gasteiger partial charge is 0.0293 e. The average molecular weight is 246 g/mol. The molecular weight excluding hydrogens is 220 g/mol. The maximum atomic E-state index is 4.07. The molecule has 2 heteroatoms. The molecule has 0 unspecified atom stereocenters. The van der Waals surface area contributed by atoms with Crippen molar-refractivity contribution in [3.63, 3.8) is 0 Å². The van der Waals surface area contributed by atoms with Gasteiger partial charge in [0.2, 0.25) is 0 Å². The van der Waals surface area contributed by atoms with Crippen LogP contribution in [-0.2, 0) is 0 Å². The molecule has 1 aliphatic rings. The van der Waals surface area contributed by atoms with Crippen molar-refractivity contribution in [1.82, 2.24) is 10.3 Å². The van der Waals surface area contributed by atoms with Crippen molar-refractivity contribution in [2.75, 3.05) is 6.54 Å². The molecule has 0 amide bonds. The van der Waals surface area contributed by atoms with Crippen LogP contribution in [0.4, 0.5) is 0 Å². The van der Waals surface area contributed by atoms with Crippen molar-refractivity contribution in [3.05, 3.63) is 30.1 Å². The zero-order chi connectivity index (χ0) is 12.6. The third kappa shape index (κ3) is 4.41. The minimum Gasteiger partial charge on any atom is -0.310 e. The molecule has 1 aliphatic carbocycles. The second-order valence-electron chi connectivity index (χ2n) is 5.62. The van der Waals surface area contributed by atoms with E-state index in [0.29, 0.717) is 6.04 Å². The van der Waals surface area contributed by atoms with E-state index in [4.69, 9.17) is 0 Å². The lowest BCUT2D eigenvalue weighted by Crippen LogP contribution is -2.26. The minimum atomic E-state index is 0.443. The summed E-state index contributed by atoms with van der Waals surface area (Å²) in [4.78, 5) is 4.07. The number of nitrogens with zero attached hydrogens (tertiary/aromatic N) is 1. The van der Waals surface area contributed by atoms with Gasteiger partial charge in [-0.1, -0.05) is 32.1 Å². The Morgan fingerprint density at radius 3 is 2.39 bits per heavy atom. The fourth-order valence-corrected chi connectivity index (χ4v) is 2.86. The molecule has 100 valence electrons. The van der Waals surface area contributed by atoms with Crippen molar-refractivity contribution in [2.24, 2.45) is 5.92 Å². The fraction of sp³-hybridized carbons (Fsp3) is 0.688. The highest BCUT2D eigenvalue weighted by Crippen LogP contribution is 2.22. The number of hydrogen-bond donors (Lipinski definition) is 1. The number of hydrogen-bond acceptors (Lipinski definition) is 2. The number of rotatable bonds is 4. The van der Waals surface area contributed by atoms with Crippen LogP contribution >= 0.6 is 0 Å². The molecule has 2 nitrogen and oxygen atoms in total. The SMILES string of the molecule is C[C@@H](NCC1CCCCCCC1)c1ccncc1. The van der Waals surface area contributed by atoms with E-state index in [-0.39, 0.29) is 0 Å². The first-order chi connectivity index (χ1) is 8.86. The average Bonchev–Trinajstić information content (AvgIpc) is 2.38. The zero-order valence-electron chi connectivity index (χ0n) is 11.6. The number of aromatic nitrogens is 1. The maximum Gasteiger partial charge on any atom is 0.0293 e. The molecular formula is C16H26N2. The predicted molar refractivity (Wildman–Crippen MR) is 76.5 cm³/mol. The Morgan fingerprint density at radius 1 is 1.11 bits per heavy atom. The third-order valence-electron chi connectivity index (χ3n) is 4.14. The molecule has 1 atom stereocenters. The zero-order valence-corrected chi connectivity index (χ0v) is 11.6. The van der Waals surface area contributed by atoms with Crippen LogP contribution < -0.4 is 5.32 Å². The molecule has 1 aromatic rings. The van der Waals surface area contributed by atoms with Crippen LogP contribution in [0.5, 0.6) is 0 Å². The third-order valence-corrected chi connectivity index (χ3v) is 4.14. The Morgan fingerprint density at radius 2 is 1.72 bits per heavy atom. The van der Waals surface area contributed by atoms with Crippen LogP contribution in [-0.4, -0.2) is 11.5 Å². The van der Waals surface area contributed by atoms with E-state index in [0.717, 1.165) is 5.92 Å². The minimum absolute atomic E-state index is 0.443. The molecule has 1 aromatic heterocycles. The second kappa shape index (κ2) is 7.52. The van der Waals surface area contributed by atoms with E-state index in [2.05, 4.69) is 29.4 Å². The highest BCUT2D eigenvalue weighted by Gasteiger charge is 2.12. The lowest BCUT2D eigenvalue weighted by molar-refractivity contribution is 0.349. The van der Waals surface area contributed by atoms with Gasteiger partial charge in [-0.2, -0.15) is 0 Å². The molecule has 1 fully saturated rings. The van der Waals surface area contributed by atoms with Crippen molar-refractivity contribution < 1.29 is 0 Å². The summed E-state index contributed by atoms with van der Waals surface area (Å²) in [6.07, 6.45) is 13.8. The van der Waals surface area contributed by atoms with E-state index in [1.54, 1.807) is 0 Å². The summed E-state index contributed by atoms with van der Waals surface area (Å²) < 4.78 is 0. The Hall–Kier alpha value is -0.890. The van der Waals surface area contributed by atoms with Gasteiger partial charge in [0.25, 0.3) is 0 Å². The summed E-state index contributed by atoms with van der Waals surface area (Å²) >= 11 is 0. The first-order valence-electron chi connectivity index (χ1n) is 7.49. The number of nitrogens with one attached hydrogen (secondary N) is 1. The molecule has 18 heavy (non-hydrogen) atoms. The van der Waals surface area contributed by atoms with Gasteiger partial charge >= 0.3 is 0 Å². The van der Waals surface area contributed by atoms with Crippen molar-refractivity contribution in [3.8, 4) is 0 Å². The van der Waals surface area contributed by atoms with Crippen LogP contribution in [0.25, 0.3) is 0 Å².